The number of hydrogen-bond donors (Lipinski definition) is 3. The molecule has 2 rings (SSSR count). The number of aryl methyl sites for hydroxylation is 1. The van der Waals surface area contributed by atoms with E-state index in [0.29, 0.717) is 17.1 Å². The van der Waals surface area contributed by atoms with Crippen molar-refractivity contribution in [2.75, 3.05) is 6.54 Å². The van der Waals surface area contributed by atoms with Gasteiger partial charge in [0.25, 0.3) is 0 Å². The lowest BCUT2D eigenvalue weighted by Gasteiger charge is -2.15. The van der Waals surface area contributed by atoms with E-state index in [1.54, 1.807) is 36.0 Å². The monoisotopic (exact) mass is 361 g/mol. The number of rotatable bonds is 7. The highest BCUT2D eigenvalue weighted by molar-refractivity contribution is 5.87. The molecule has 4 N–H and O–H groups in total. The first-order valence-corrected chi connectivity index (χ1v) is 8.38. The number of nitrogens with one attached hydrogen (secondary N) is 2. The minimum atomic E-state index is -0.656. The topological polar surface area (TPSA) is 102 Å². The van der Waals surface area contributed by atoms with Gasteiger partial charge in [0.1, 0.15) is 11.6 Å². The van der Waals surface area contributed by atoms with Crippen molar-refractivity contribution < 1.29 is 14.0 Å². The Labute approximate surface area is 151 Å². The SMILES string of the molecule is Cc1nccn1-c1ccc(CNC(=O)CNC(=O)[C@@H](N)C(C)C)cc1F. The van der Waals surface area contributed by atoms with Gasteiger partial charge < -0.3 is 20.9 Å². The molecule has 2 aromatic rings. The van der Waals surface area contributed by atoms with Crippen LogP contribution in [0.15, 0.2) is 30.6 Å². The molecule has 0 bridgehead atoms. The van der Waals surface area contributed by atoms with E-state index in [0.717, 1.165) is 0 Å². The van der Waals surface area contributed by atoms with Crippen LogP contribution in [0.3, 0.4) is 0 Å². The van der Waals surface area contributed by atoms with Crippen LogP contribution < -0.4 is 16.4 Å². The minimum Gasteiger partial charge on any atom is -0.350 e. The van der Waals surface area contributed by atoms with Gasteiger partial charge in [0.15, 0.2) is 0 Å². The first-order valence-electron chi connectivity index (χ1n) is 8.38. The molecule has 0 saturated carbocycles. The molecule has 0 aliphatic heterocycles. The highest BCUT2D eigenvalue weighted by Gasteiger charge is 2.17. The molecule has 0 radical (unpaired) electrons. The van der Waals surface area contributed by atoms with E-state index < -0.39 is 11.9 Å². The Hall–Kier alpha value is -2.74. The lowest BCUT2D eigenvalue weighted by Crippen LogP contribution is -2.47. The summed E-state index contributed by atoms with van der Waals surface area (Å²) in [6.07, 6.45) is 3.28. The Balaban J connectivity index is 1.88. The Bertz CT molecular complexity index is 788. The van der Waals surface area contributed by atoms with Crippen LogP contribution in [-0.4, -0.2) is 34.0 Å². The van der Waals surface area contributed by atoms with E-state index in [1.165, 1.54) is 6.07 Å². The van der Waals surface area contributed by atoms with Crippen LogP contribution in [0.1, 0.15) is 25.2 Å². The van der Waals surface area contributed by atoms with Crippen LogP contribution in [-0.2, 0) is 16.1 Å². The second-order valence-corrected chi connectivity index (χ2v) is 6.39. The highest BCUT2D eigenvalue weighted by Crippen LogP contribution is 2.16. The summed E-state index contributed by atoms with van der Waals surface area (Å²) in [4.78, 5) is 27.6. The number of carbonyl (C=O) groups is 2. The smallest absolute Gasteiger partial charge is 0.239 e. The number of imidazole rings is 1. The van der Waals surface area contributed by atoms with Crippen molar-refractivity contribution in [1.29, 1.82) is 0 Å². The lowest BCUT2D eigenvalue weighted by molar-refractivity contribution is -0.127. The Morgan fingerprint density at radius 2 is 2.04 bits per heavy atom. The molecule has 0 saturated heterocycles. The van der Waals surface area contributed by atoms with E-state index >= 15 is 0 Å². The van der Waals surface area contributed by atoms with Crippen LogP contribution in [0.4, 0.5) is 4.39 Å². The Morgan fingerprint density at radius 1 is 1.31 bits per heavy atom. The van der Waals surface area contributed by atoms with E-state index in [-0.39, 0.29) is 30.8 Å². The van der Waals surface area contributed by atoms with Gasteiger partial charge in [0, 0.05) is 18.9 Å². The number of nitrogens with two attached hydrogens (primary N) is 1. The number of hydrogen-bond acceptors (Lipinski definition) is 4. The van der Waals surface area contributed by atoms with Gasteiger partial charge in [0.2, 0.25) is 11.8 Å². The average Bonchev–Trinajstić information content (AvgIpc) is 3.02. The van der Waals surface area contributed by atoms with Gasteiger partial charge in [0.05, 0.1) is 18.3 Å². The number of halogens is 1. The molecule has 8 heteroatoms. The molecule has 1 aromatic heterocycles. The van der Waals surface area contributed by atoms with Crippen LogP contribution in [0.2, 0.25) is 0 Å². The summed E-state index contributed by atoms with van der Waals surface area (Å²) in [6.45, 7) is 5.42. The van der Waals surface area contributed by atoms with Gasteiger partial charge in [-0.3, -0.25) is 9.59 Å². The van der Waals surface area contributed by atoms with Crippen LogP contribution in [0.5, 0.6) is 0 Å². The molecule has 7 nitrogen and oxygen atoms in total. The van der Waals surface area contributed by atoms with Gasteiger partial charge >= 0.3 is 0 Å². The molecule has 0 aliphatic rings. The molecule has 0 unspecified atom stereocenters. The molecule has 0 aliphatic carbocycles. The third-order valence-corrected chi connectivity index (χ3v) is 4.03. The largest absolute Gasteiger partial charge is 0.350 e. The van der Waals surface area contributed by atoms with Crippen molar-refractivity contribution in [1.82, 2.24) is 20.2 Å². The summed E-state index contributed by atoms with van der Waals surface area (Å²) in [5.41, 5.74) is 6.71. The molecule has 26 heavy (non-hydrogen) atoms. The van der Waals surface area contributed by atoms with Crippen LogP contribution >= 0.6 is 0 Å². The first-order chi connectivity index (χ1) is 12.3. The average molecular weight is 361 g/mol. The van der Waals surface area contributed by atoms with Crippen molar-refractivity contribution in [2.45, 2.75) is 33.4 Å². The number of amides is 2. The molecule has 2 amide bonds. The summed E-state index contributed by atoms with van der Waals surface area (Å²) in [5, 5.41) is 5.12. The summed E-state index contributed by atoms with van der Waals surface area (Å²) < 4.78 is 15.9. The van der Waals surface area contributed by atoms with Gasteiger partial charge in [-0.05, 0) is 30.5 Å². The number of benzene rings is 1. The summed E-state index contributed by atoms with van der Waals surface area (Å²) in [5.74, 6) is -0.487. The Kier molecular flexibility index (Phi) is 6.46. The van der Waals surface area contributed by atoms with Crippen molar-refractivity contribution in [3.63, 3.8) is 0 Å². The molecule has 1 atom stereocenters. The third-order valence-electron chi connectivity index (χ3n) is 4.03. The fourth-order valence-electron chi connectivity index (χ4n) is 2.34. The van der Waals surface area contributed by atoms with Crippen molar-refractivity contribution in [2.24, 2.45) is 11.7 Å². The van der Waals surface area contributed by atoms with Gasteiger partial charge in [-0.2, -0.15) is 0 Å². The maximum Gasteiger partial charge on any atom is 0.239 e. The molecule has 0 fully saturated rings. The highest BCUT2D eigenvalue weighted by atomic mass is 19.1. The quantitative estimate of drug-likeness (QED) is 0.686. The molecular weight excluding hydrogens is 337 g/mol. The van der Waals surface area contributed by atoms with Crippen molar-refractivity contribution >= 4 is 11.8 Å². The summed E-state index contributed by atoms with van der Waals surface area (Å²) in [6, 6.07) is 4.07. The predicted molar refractivity (Wildman–Crippen MR) is 95.9 cm³/mol. The second-order valence-electron chi connectivity index (χ2n) is 6.39. The zero-order valence-corrected chi connectivity index (χ0v) is 15.1. The normalized spacial score (nSPS) is 12.1. The molecule has 1 heterocycles. The zero-order valence-electron chi connectivity index (χ0n) is 15.1. The maximum absolute atomic E-state index is 14.3. The van der Waals surface area contributed by atoms with Crippen molar-refractivity contribution in [3.05, 3.63) is 47.8 Å². The third kappa shape index (κ3) is 4.89. The number of carbonyl (C=O) groups excluding carboxylic acids is 2. The molecular formula is C18H24FN5O2. The second kappa shape index (κ2) is 8.57. The van der Waals surface area contributed by atoms with E-state index in [9.17, 15) is 14.0 Å². The van der Waals surface area contributed by atoms with Crippen LogP contribution in [0, 0.1) is 18.7 Å². The molecule has 0 spiro atoms. The summed E-state index contributed by atoms with van der Waals surface area (Å²) >= 11 is 0. The fourth-order valence-corrected chi connectivity index (χ4v) is 2.34. The Morgan fingerprint density at radius 3 is 2.62 bits per heavy atom. The lowest BCUT2D eigenvalue weighted by atomic mass is 10.1. The van der Waals surface area contributed by atoms with Gasteiger partial charge in [-0.15, -0.1) is 0 Å². The van der Waals surface area contributed by atoms with Crippen LogP contribution in [0.25, 0.3) is 5.69 Å². The van der Waals surface area contributed by atoms with E-state index in [1.807, 2.05) is 13.8 Å². The molecule has 140 valence electrons. The predicted octanol–water partition coefficient (Wildman–Crippen LogP) is 1.04. The standard InChI is InChI=1S/C18H24FN5O2/c1-11(2)17(20)18(26)23-10-16(25)22-9-13-4-5-15(14(19)8-13)24-7-6-21-12(24)3/h4-8,11,17H,9-10,20H2,1-3H3,(H,22,25)(H,23,26)/t17-/m0/s1. The molecule has 1 aromatic carbocycles. The maximum atomic E-state index is 14.3. The van der Waals surface area contributed by atoms with E-state index in [4.69, 9.17) is 5.73 Å². The zero-order chi connectivity index (χ0) is 19.3. The summed E-state index contributed by atoms with van der Waals surface area (Å²) in [7, 11) is 0. The van der Waals surface area contributed by atoms with Gasteiger partial charge in [-0.25, -0.2) is 9.37 Å². The van der Waals surface area contributed by atoms with Crippen molar-refractivity contribution in [3.8, 4) is 5.69 Å². The van der Waals surface area contributed by atoms with Gasteiger partial charge in [-0.1, -0.05) is 19.9 Å². The van der Waals surface area contributed by atoms with E-state index in [2.05, 4.69) is 15.6 Å². The first kappa shape index (κ1) is 19.6. The fraction of sp³-hybridized carbons (Fsp3) is 0.389. The minimum absolute atomic E-state index is 0.0151. The number of aromatic nitrogens is 2. The number of nitrogens with zero attached hydrogens (tertiary/aromatic N) is 2.